The zero-order valence-corrected chi connectivity index (χ0v) is 16.9. The lowest BCUT2D eigenvalue weighted by Crippen LogP contribution is -2.14. The van der Waals surface area contributed by atoms with Crippen molar-refractivity contribution in [2.24, 2.45) is 0 Å². The molecule has 160 valence electrons. The van der Waals surface area contributed by atoms with Crippen LogP contribution in [0.2, 0.25) is 0 Å². The van der Waals surface area contributed by atoms with Crippen molar-refractivity contribution < 1.29 is 33.6 Å². The molecule has 0 saturated heterocycles. The number of rotatable bonds is 7. The lowest BCUT2D eigenvalue weighted by molar-refractivity contribution is 0.0830. The fourth-order valence-corrected chi connectivity index (χ4v) is 2.62. The van der Waals surface area contributed by atoms with Crippen molar-refractivity contribution in [3.05, 3.63) is 95.6 Å². The molecule has 7 heteroatoms. The Morgan fingerprint density at radius 2 is 1.23 bits per heavy atom. The fourth-order valence-electron chi connectivity index (χ4n) is 2.62. The number of aliphatic hydroxyl groups excluding tert-OH is 1. The van der Waals surface area contributed by atoms with E-state index in [0.717, 1.165) is 11.1 Å². The average Bonchev–Trinajstić information content (AvgIpc) is 2.79. The first-order chi connectivity index (χ1) is 15.0. The fraction of sp³-hybridized carbons (Fsp3) is 0.167. The molecule has 3 aromatic carbocycles. The van der Waals surface area contributed by atoms with Crippen LogP contribution in [0.5, 0.6) is 11.5 Å². The molecule has 0 aliphatic carbocycles. The Balaban J connectivity index is 1.65. The third-order valence-corrected chi connectivity index (χ3v) is 4.24. The van der Waals surface area contributed by atoms with E-state index in [4.69, 9.17) is 18.9 Å². The van der Waals surface area contributed by atoms with Crippen LogP contribution < -0.4 is 9.47 Å². The first-order valence-corrected chi connectivity index (χ1v) is 9.60. The quantitative estimate of drug-likeness (QED) is 0.415. The molecular formula is C24H22O7. The van der Waals surface area contributed by atoms with E-state index in [1.165, 1.54) is 12.1 Å². The predicted octanol–water partition coefficient (Wildman–Crippen LogP) is 5.17. The number of hydrogen-bond acceptors (Lipinski definition) is 7. The molecule has 7 nitrogen and oxygen atoms in total. The van der Waals surface area contributed by atoms with Crippen molar-refractivity contribution in [3.63, 3.8) is 0 Å². The summed E-state index contributed by atoms with van der Waals surface area (Å²) in [6, 6.07) is 22.6. The van der Waals surface area contributed by atoms with Crippen LogP contribution in [0, 0.1) is 0 Å². The first kappa shape index (κ1) is 21.9. The van der Waals surface area contributed by atoms with E-state index in [9.17, 15) is 14.7 Å². The van der Waals surface area contributed by atoms with Gasteiger partial charge in [0.05, 0.1) is 6.10 Å². The van der Waals surface area contributed by atoms with Gasteiger partial charge in [-0.1, -0.05) is 66.7 Å². The minimum absolute atomic E-state index is 0.0189. The number of benzene rings is 3. The van der Waals surface area contributed by atoms with Gasteiger partial charge < -0.3 is 24.1 Å². The van der Waals surface area contributed by atoms with Crippen LogP contribution in [-0.2, 0) is 22.7 Å². The Bertz CT molecular complexity index is 1000. The Morgan fingerprint density at radius 1 is 0.742 bits per heavy atom. The SMILES string of the molecule is CC(O)c1ccc(OC(=O)OCc2ccccc2)c(OC(=O)OCc2ccccc2)c1. The molecule has 1 N–H and O–H groups in total. The number of aliphatic hydroxyl groups is 1. The summed E-state index contributed by atoms with van der Waals surface area (Å²) >= 11 is 0. The van der Waals surface area contributed by atoms with Crippen molar-refractivity contribution >= 4 is 12.3 Å². The summed E-state index contributed by atoms with van der Waals surface area (Å²) in [5.41, 5.74) is 2.05. The Hall–Kier alpha value is -3.84. The van der Waals surface area contributed by atoms with Crippen molar-refractivity contribution in [2.75, 3.05) is 0 Å². The zero-order chi connectivity index (χ0) is 22.1. The van der Waals surface area contributed by atoms with Crippen molar-refractivity contribution in [3.8, 4) is 11.5 Å². The highest BCUT2D eigenvalue weighted by Gasteiger charge is 2.18. The van der Waals surface area contributed by atoms with Crippen LogP contribution in [0.15, 0.2) is 78.9 Å². The van der Waals surface area contributed by atoms with Crippen molar-refractivity contribution in [1.29, 1.82) is 0 Å². The molecule has 0 aliphatic heterocycles. The van der Waals surface area contributed by atoms with Crippen LogP contribution >= 0.6 is 0 Å². The molecule has 1 unspecified atom stereocenters. The van der Waals surface area contributed by atoms with Gasteiger partial charge in [-0.15, -0.1) is 0 Å². The van der Waals surface area contributed by atoms with Gasteiger partial charge >= 0.3 is 12.3 Å². The molecular weight excluding hydrogens is 400 g/mol. The molecule has 1 atom stereocenters. The third kappa shape index (κ3) is 6.87. The molecule has 0 spiro atoms. The van der Waals surface area contributed by atoms with Crippen molar-refractivity contribution in [1.82, 2.24) is 0 Å². The Kier molecular flexibility index (Phi) is 7.61. The van der Waals surface area contributed by atoms with Crippen LogP contribution in [0.3, 0.4) is 0 Å². The second-order valence-corrected chi connectivity index (χ2v) is 6.63. The van der Waals surface area contributed by atoms with E-state index in [1.807, 2.05) is 48.5 Å². The maximum atomic E-state index is 12.1. The molecule has 0 amide bonds. The van der Waals surface area contributed by atoms with E-state index < -0.39 is 18.4 Å². The first-order valence-electron chi connectivity index (χ1n) is 9.60. The van der Waals surface area contributed by atoms with E-state index in [2.05, 4.69) is 0 Å². The van der Waals surface area contributed by atoms with Crippen LogP contribution in [-0.4, -0.2) is 17.4 Å². The monoisotopic (exact) mass is 422 g/mol. The van der Waals surface area contributed by atoms with Gasteiger partial charge in [-0.3, -0.25) is 0 Å². The highest BCUT2D eigenvalue weighted by atomic mass is 16.7. The van der Waals surface area contributed by atoms with Crippen LogP contribution in [0.1, 0.15) is 29.7 Å². The molecule has 31 heavy (non-hydrogen) atoms. The predicted molar refractivity (Wildman–Crippen MR) is 112 cm³/mol. The van der Waals surface area contributed by atoms with Gasteiger partial charge in [0.15, 0.2) is 11.5 Å². The number of hydrogen-bond donors (Lipinski definition) is 1. The van der Waals surface area contributed by atoms with Gasteiger partial charge in [0, 0.05) is 0 Å². The maximum Gasteiger partial charge on any atom is 0.514 e. The third-order valence-electron chi connectivity index (χ3n) is 4.24. The van der Waals surface area contributed by atoms with Gasteiger partial charge in [-0.25, -0.2) is 9.59 Å². The van der Waals surface area contributed by atoms with E-state index in [0.29, 0.717) is 5.56 Å². The second kappa shape index (κ2) is 10.8. The summed E-state index contributed by atoms with van der Waals surface area (Å²) in [7, 11) is 0. The number of carbonyl (C=O) groups excluding carboxylic acids is 2. The van der Waals surface area contributed by atoms with E-state index >= 15 is 0 Å². The summed E-state index contributed by atoms with van der Waals surface area (Å²) in [5, 5.41) is 9.81. The molecule has 0 saturated carbocycles. The van der Waals surface area contributed by atoms with Crippen LogP contribution in [0.25, 0.3) is 0 Å². The summed E-state index contributed by atoms with van der Waals surface area (Å²) in [6.45, 7) is 1.60. The van der Waals surface area contributed by atoms with E-state index in [1.54, 1.807) is 25.1 Å². The van der Waals surface area contributed by atoms with Gasteiger partial charge in [-0.2, -0.15) is 0 Å². The van der Waals surface area contributed by atoms with Crippen molar-refractivity contribution in [2.45, 2.75) is 26.2 Å². The summed E-state index contributed by atoms with van der Waals surface area (Å²) in [4.78, 5) is 24.2. The van der Waals surface area contributed by atoms with Gasteiger partial charge in [0.2, 0.25) is 0 Å². The highest BCUT2D eigenvalue weighted by Crippen LogP contribution is 2.31. The topological polar surface area (TPSA) is 91.3 Å². The number of carbonyl (C=O) groups is 2. The Labute approximate surface area is 179 Å². The largest absolute Gasteiger partial charge is 0.514 e. The van der Waals surface area contributed by atoms with Gasteiger partial charge in [0.1, 0.15) is 13.2 Å². The summed E-state index contributed by atoms with van der Waals surface area (Å²) < 4.78 is 20.6. The minimum Gasteiger partial charge on any atom is -0.429 e. The molecule has 0 heterocycles. The molecule has 3 rings (SSSR count). The highest BCUT2D eigenvalue weighted by molar-refractivity contribution is 5.69. The standard InChI is InChI=1S/C24H22O7/c1-17(25)20-12-13-21(30-23(26)28-15-18-8-4-2-5-9-18)22(14-20)31-24(27)29-16-19-10-6-3-7-11-19/h2-14,17,25H,15-16H2,1H3. The Morgan fingerprint density at radius 3 is 1.71 bits per heavy atom. The number of ether oxygens (including phenoxy) is 4. The molecule has 0 fully saturated rings. The van der Waals surface area contributed by atoms with Gasteiger partial charge in [-0.05, 0) is 35.7 Å². The molecule has 0 bridgehead atoms. The minimum atomic E-state index is -0.978. The summed E-state index contributed by atoms with van der Waals surface area (Å²) in [6.07, 6.45) is -2.76. The van der Waals surface area contributed by atoms with Crippen LogP contribution in [0.4, 0.5) is 9.59 Å². The molecule has 0 aromatic heterocycles. The molecule has 3 aromatic rings. The lowest BCUT2D eigenvalue weighted by Gasteiger charge is -2.13. The summed E-state index contributed by atoms with van der Waals surface area (Å²) in [5.74, 6) is -0.118. The second-order valence-electron chi connectivity index (χ2n) is 6.63. The average molecular weight is 422 g/mol. The van der Waals surface area contributed by atoms with Gasteiger partial charge in [0.25, 0.3) is 0 Å². The molecule has 0 radical (unpaired) electrons. The molecule has 0 aliphatic rings. The normalized spacial score (nSPS) is 11.3. The van der Waals surface area contributed by atoms with E-state index in [-0.39, 0.29) is 24.7 Å². The smallest absolute Gasteiger partial charge is 0.429 e. The lowest BCUT2D eigenvalue weighted by atomic mass is 10.1. The maximum absolute atomic E-state index is 12.1. The zero-order valence-electron chi connectivity index (χ0n) is 16.9.